The molecule has 0 aromatic carbocycles. The number of hydrogen-bond acceptors (Lipinski definition) is 7. The third-order valence-corrected chi connectivity index (χ3v) is 6.07. The fraction of sp³-hybridized carbons (Fsp3) is 0.522. The molecule has 1 atom stereocenters. The van der Waals surface area contributed by atoms with Crippen LogP contribution in [0.15, 0.2) is 24.5 Å². The van der Waals surface area contributed by atoms with Crippen LogP contribution in [-0.2, 0) is 14.3 Å². The number of nitrogens with zero attached hydrogens (tertiary/aromatic N) is 5. The Bertz CT molecular complexity index is 965. The summed E-state index contributed by atoms with van der Waals surface area (Å²) in [6, 6.07) is 4.06. The predicted octanol–water partition coefficient (Wildman–Crippen LogP) is 1.77. The lowest BCUT2D eigenvalue weighted by molar-refractivity contribution is -0.137. The summed E-state index contributed by atoms with van der Waals surface area (Å²) in [5.41, 5.74) is 9.38. The fourth-order valence-corrected chi connectivity index (χ4v) is 4.37. The van der Waals surface area contributed by atoms with E-state index in [4.69, 9.17) is 15.5 Å². The van der Waals surface area contributed by atoms with Crippen LogP contribution in [0.3, 0.4) is 0 Å². The van der Waals surface area contributed by atoms with Gasteiger partial charge in [-0.15, -0.1) is 0 Å². The van der Waals surface area contributed by atoms with Crippen molar-refractivity contribution in [3.05, 3.63) is 35.9 Å². The Morgan fingerprint density at radius 1 is 1.19 bits per heavy atom. The van der Waals surface area contributed by atoms with Gasteiger partial charge in [-0.1, -0.05) is 0 Å². The van der Waals surface area contributed by atoms with Crippen LogP contribution in [0.4, 0.5) is 5.95 Å². The van der Waals surface area contributed by atoms with Crippen LogP contribution in [0, 0.1) is 6.92 Å². The number of hydrogen-bond donors (Lipinski definition) is 1. The average Bonchev–Trinajstić information content (AvgIpc) is 3.21. The molecule has 0 bridgehead atoms. The third kappa shape index (κ3) is 5.40. The summed E-state index contributed by atoms with van der Waals surface area (Å²) in [7, 11) is 0. The van der Waals surface area contributed by atoms with Gasteiger partial charge in [0.1, 0.15) is 6.61 Å². The number of anilines is 1. The highest BCUT2D eigenvalue weighted by atomic mass is 16.5. The van der Waals surface area contributed by atoms with E-state index in [1.54, 1.807) is 17.3 Å². The molecule has 9 heteroatoms. The molecule has 2 aromatic heterocycles. The first kappa shape index (κ1) is 22.1. The zero-order valence-electron chi connectivity index (χ0n) is 18.5. The molecule has 2 N–H and O–H groups in total. The van der Waals surface area contributed by atoms with Crippen LogP contribution < -0.4 is 5.73 Å². The van der Waals surface area contributed by atoms with E-state index in [2.05, 4.69) is 16.0 Å². The lowest BCUT2D eigenvalue weighted by Gasteiger charge is -2.32. The first-order chi connectivity index (χ1) is 15.5. The summed E-state index contributed by atoms with van der Waals surface area (Å²) in [6.07, 6.45) is 6.86. The number of amides is 2. The molecule has 170 valence electrons. The zero-order chi connectivity index (χ0) is 22.5. The Hall–Kier alpha value is -3.07. The number of likely N-dealkylation sites (tertiary alicyclic amines) is 2. The second-order valence-electron chi connectivity index (χ2n) is 8.47. The van der Waals surface area contributed by atoms with E-state index < -0.39 is 0 Å². The number of piperidine rings is 1. The molecule has 2 aromatic rings. The lowest BCUT2D eigenvalue weighted by Crippen LogP contribution is -2.41. The molecule has 0 unspecified atom stereocenters. The van der Waals surface area contributed by atoms with Crippen LogP contribution in [0.5, 0.6) is 0 Å². The third-order valence-electron chi connectivity index (χ3n) is 6.07. The first-order valence-electron chi connectivity index (χ1n) is 11.2. The number of nitrogen functional groups attached to an aromatic ring is 1. The van der Waals surface area contributed by atoms with Gasteiger partial charge in [0.25, 0.3) is 0 Å². The van der Waals surface area contributed by atoms with E-state index in [1.165, 1.54) is 0 Å². The topological polar surface area (TPSA) is 115 Å². The molecule has 2 fully saturated rings. The van der Waals surface area contributed by atoms with Gasteiger partial charge in [0, 0.05) is 67.9 Å². The molecular weight excluding hydrogens is 408 g/mol. The number of aryl methyl sites for hydroxylation is 1. The minimum atomic E-state index is -0.0118. The zero-order valence-corrected chi connectivity index (χ0v) is 18.5. The van der Waals surface area contributed by atoms with Gasteiger partial charge in [0.2, 0.25) is 17.8 Å². The van der Waals surface area contributed by atoms with E-state index in [0.717, 1.165) is 54.9 Å². The standard InChI is InChI=1S/C23H30N6O3/c1-16-10-18(19-12-25-23(24)26-13-19)11-20(27-16)17-4-2-7-29(14-17)22(31)15-32-9-8-28-6-3-5-21(28)30/h10-13,17H,2-9,14-15H2,1H3,(H2,24,25,26)/t17-/m0/s1. The number of rotatable bonds is 7. The molecule has 0 spiro atoms. The molecule has 4 rings (SSSR count). The van der Waals surface area contributed by atoms with E-state index in [0.29, 0.717) is 26.1 Å². The normalized spacial score (nSPS) is 18.9. The lowest BCUT2D eigenvalue weighted by atomic mass is 9.92. The molecule has 2 saturated heterocycles. The Morgan fingerprint density at radius 3 is 2.75 bits per heavy atom. The monoisotopic (exact) mass is 438 g/mol. The average molecular weight is 439 g/mol. The van der Waals surface area contributed by atoms with Gasteiger partial charge in [-0.25, -0.2) is 9.97 Å². The highest BCUT2D eigenvalue weighted by Crippen LogP contribution is 2.29. The minimum Gasteiger partial charge on any atom is -0.370 e. The van der Waals surface area contributed by atoms with Gasteiger partial charge in [-0.2, -0.15) is 0 Å². The Labute approximate surface area is 188 Å². The van der Waals surface area contributed by atoms with Gasteiger partial charge in [0.15, 0.2) is 0 Å². The van der Waals surface area contributed by atoms with Crippen molar-refractivity contribution in [3.63, 3.8) is 0 Å². The SMILES string of the molecule is Cc1cc(-c2cnc(N)nc2)cc([C@H]2CCCN(C(=O)COCCN3CCCC3=O)C2)n1. The van der Waals surface area contributed by atoms with Crippen molar-refractivity contribution >= 4 is 17.8 Å². The highest BCUT2D eigenvalue weighted by Gasteiger charge is 2.26. The second-order valence-corrected chi connectivity index (χ2v) is 8.47. The number of ether oxygens (including phenoxy) is 1. The van der Waals surface area contributed by atoms with Crippen LogP contribution in [0.25, 0.3) is 11.1 Å². The van der Waals surface area contributed by atoms with Crippen LogP contribution in [0.2, 0.25) is 0 Å². The van der Waals surface area contributed by atoms with Crippen molar-refractivity contribution in [2.45, 2.75) is 38.5 Å². The van der Waals surface area contributed by atoms with Gasteiger partial charge in [-0.05, 0) is 43.9 Å². The Morgan fingerprint density at radius 2 is 2.00 bits per heavy atom. The summed E-state index contributed by atoms with van der Waals surface area (Å²) < 4.78 is 5.58. The van der Waals surface area contributed by atoms with Gasteiger partial charge < -0.3 is 20.3 Å². The molecule has 2 amide bonds. The maximum Gasteiger partial charge on any atom is 0.248 e. The summed E-state index contributed by atoms with van der Waals surface area (Å²) in [5, 5.41) is 0. The Balaban J connectivity index is 1.34. The molecule has 9 nitrogen and oxygen atoms in total. The maximum atomic E-state index is 12.7. The number of aromatic nitrogens is 3. The fourth-order valence-electron chi connectivity index (χ4n) is 4.37. The summed E-state index contributed by atoms with van der Waals surface area (Å²) in [6.45, 7) is 5.10. The molecule has 2 aliphatic rings. The molecule has 4 heterocycles. The van der Waals surface area contributed by atoms with Crippen LogP contribution >= 0.6 is 0 Å². The van der Waals surface area contributed by atoms with E-state index in [1.807, 2.05) is 17.9 Å². The summed E-state index contributed by atoms with van der Waals surface area (Å²) in [4.78, 5) is 40.9. The second kappa shape index (κ2) is 10.0. The molecule has 0 aliphatic carbocycles. The van der Waals surface area contributed by atoms with Crippen molar-refractivity contribution < 1.29 is 14.3 Å². The maximum absolute atomic E-state index is 12.7. The summed E-state index contributed by atoms with van der Waals surface area (Å²) >= 11 is 0. The number of carbonyl (C=O) groups excluding carboxylic acids is 2. The predicted molar refractivity (Wildman–Crippen MR) is 120 cm³/mol. The van der Waals surface area contributed by atoms with Crippen LogP contribution in [0.1, 0.15) is 43.0 Å². The number of nitrogens with two attached hydrogens (primary N) is 1. The largest absolute Gasteiger partial charge is 0.370 e. The van der Waals surface area contributed by atoms with Crippen molar-refractivity contribution in [2.24, 2.45) is 0 Å². The van der Waals surface area contributed by atoms with Gasteiger partial charge in [-0.3, -0.25) is 14.6 Å². The Kier molecular flexibility index (Phi) is 6.94. The van der Waals surface area contributed by atoms with Gasteiger partial charge in [0.05, 0.1) is 6.61 Å². The molecule has 32 heavy (non-hydrogen) atoms. The molecule has 0 radical (unpaired) electrons. The quantitative estimate of drug-likeness (QED) is 0.655. The van der Waals surface area contributed by atoms with E-state index in [-0.39, 0.29) is 30.3 Å². The molecule has 2 aliphatic heterocycles. The van der Waals surface area contributed by atoms with E-state index >= 15 is 0 Å². The van der Waals surface area contributed by atoms with Crippen LogP contribution in [-0.4, -0.2) is 76.0 Å². The molecule has 0 saturated carbocycles. The molecular formula is C23H30N6O3. The summed E-state index contributed by atoms with van der Waals surface area (Å²) in [5.74, 6) is 0.579. The van der Waals surface area contributed by atoms with Crippen molar-refractivity contribution in [1.29, 1.82) is 0 Å². The van der Waals surface area contributed by atoms with Crippen molar-refractivity contribution in [2.75, 3.05) is 45.1 Å². The van der Waals surface area contributed by atoms with E-state index in [9.17, 15) is 9.59 Å². The van der Waals surface area contributed by atoms with Crippen molar-refractivity contribution in [3.8, 4) is 11.1 Å². The van der Waals surface area contributed by atoms with Crippen molar-refractivity contribution in [1.82, 2.24) is 24.8 Å². The first-order valence-corrected chi connectivity index (χ1v) is 11.2. The highest BCUT2D eigenvalue weighted by molar-refractivity contribution is 5.78. The smallest absolute Gasteiger partial charge is 0.248 e. The minimum absolute atomic E-state index is 0.0118. The number of carbonyl (C=O) groups is 2. The van der Waals surface area contributed by atoms with Gasteiger partial charge >= 0.3 is 0 Å². The number of pyridine rings is 1.